The summed E-state index contributed by atoms with van der Waals surface area (Å²) < 4.78 is 1.53. The van der Waals surface area contributed by atoms with Gasteiger partial charge in [-0.2, -0.15) is 5.10 Å². The molecular formula is C17H22N4O2. The number of carbonyl (C=O) groups is 2. The van der Waals surface area contributed by atoms with Gasteiger partial charge in [0.1, 0.15) is 5.69 Å². The van der Waals surface area contributed by atoms with E-state index in [0.717, 1.165) is 12.1 Å². The summed E-state index contributed by atoms with van der Waals surface area (Å²) in [5.41, 5.74) is 2.47. The molecule has 0 fully saturated rings. The van der Waals surface area contributed by atoms with Gasteiger partial charge < -0.3 is 10.6 Å². The predicted octanol–water partition coefficient (Wildman–Crippen LogP) is 1.21. The Balaban J connectivity index is 1.65. The van der Waals surface area contributed by atoms with Gasteiger partial charge in [0.2, 0.25) is 5.91 Å². The molecule has 2 aromatic rings. The van der Waals surface area contributed by atoms with E-state index < -0.39 is 0 Å². The standard InChI is InChI=1S/C17H22N4O2/c1-13-12-15(21(2)20-13)17(23)19-11-9-16(22)18-10-8-14-6-4-3-5-7-14/h3-7,12H,8-11H2,1-2H3,(H,18,22)(H,19,23). The Morgan fingerprint density at radius 2 is 1.87 bits per heavy atom. The van der Waals surface area contributed by atoms with Crippen molar-refractivity contribution >= 4 is 11.8 Å². The zero-order chi connectivity index (χ0) is 16.7. The number of nitrogens with one attached hydrogen (secondary N) is 2. The molecule has 1 aromatic carbocycles. The first-order valence-electron chi connectivity index (χ1n) is 7.65. The molecule has 23 heavy (non-hydrogen) atoms. The van der Waals surface area contributed by atoms with Crippen molar-refractivity contribution in [3.63, 3.8) is 0 Å². The van der Waals surface area contributed by atoms with Crippen molar-refractivity contribution in [2.45, 2.75) is 19.8 Å². The molecule has 0 aliphatic heterocycles. The van der Waals surface area contributed by atoms with Gasteiger partial charge in [0.25, 0.3) is 5.91 Å². The Morgan fingerprint density at radius 3 is 2.52 bits per heavy atom. The van der Waals surface area contributed by atoms with Crippen molar-refractivity contribution in [1.29, 1.82) is 0 Å². The van der Waals surface area contributed by atoms with E-state index in [2.05, 4.69) is 15.7 Å². The maximum Gasteiger partial charge on any atom is 0.269 e. The van der Waals surface area contributed by atoms with E-state index in [-0.39, 0.29) is 18.2 Å². The summed E-state index contributed by atoms with van der Waals surface area (Å²) in [6.45, 7) is 2.73. The Bertz CT molecular complexity index is 664. The lowest BCUT2D eigenvalue weighted by Gasteiger charge is -2.07. The maximum atomic E-state index is 12.0. The van der Waals surface area contributed by atoms with Crippen LogP contribution in [0.25, 0.3) is 0 Å². The van der Waals surface area contributed by atoms with Crippen LogP contribution in [0.15, 0.2) is 36.4 Å². The normalized spacial score (nSPS) is 10.3. The van der Waals surface area contributed by atoms with Gasteiger partial charge in [-0.25, -0.2) is 0 Å². The number of hydrogen-bond donors (Lipinski definition) is 2. The summed E-state index contributed by atoms with van der Waals surface area (Å²) in [5.74, 6) is -0.285. The molecule has 0 aliphatic carbocycles. The Kier molecular flexibility index (Phi) is 5.91. The molecule has 122 valence electrons. The number of nitrogens with zero attached hydrogens (tertiary/aromatic N) is 2. The molecule has 0 unspecified atom stereocenters. The van der Waals surface area contributed by atoms with Crippen LogP contribution in [0.5, 0.6) is 0 Å². The average molecular weight is 314 g/mol. The van der Waals surface area contributed by atoms with Gasteiger partial charge in [-0.15, -0.1) is 0 Å². The van der Waals surface area contributed by atoms with Crippen LogP contribution < -0.4 is 10.6 Å². The number of rotatable bonds is 7. The summed E-state index contributed by atoms with van der Waals surface area (Å²) in [6.07, 6.45) is 1.06. The van der Waals surface area contributed by atoms with Crippen molar-refractivity contribution in [1.82, 2.24) is 20.4 Å². The first-order valence-corrected chi connectivity index (χ1v) is 7.65. The molecule has 2 rings (SSSR count). The minimum Gasteiger partial charge on any atom is -0.356 e. The molecule has 0 aliphatic rings. The molecule has 0 saturated carbocycles. The third kappa shape index (κ3) is 5.25. The molecule has 6 nitrogen and oxygen atoms in total. The van der Waals surface area contributed by atoms with Crippen LogP contribution in [0.1, 0.15) is 28.2 Å². The second kappa shape index (κ2) is 8.12. The van der Waals surface area contributed by atoms with Crippen molar-refractivity contribution in [3.8, 4) is 0 Å². The molecule has 0 bridgehead atoms. The number of aromatic nitrogens is 2. The number of benzene rings is 1. The summed E-state index contributed by atoms with van der Waals surface area (Å²) in [5, 5.41) is 9.71. The van der Waals surface area contributed by atoms with Crippen molar-refractivity contribution in [3.05, 3.63) is 53.3 Å². The highest BCUT2D eigenvalue weighted by Gasteiger charge is 2.11. The van der Waals surface area contributed by atoms with Crippen molar-refractivity contribution in [2.24, 2.45) is 7.05 Å². The molecular weight excluding hydrogens is 292 g/mol. The van der Waals surface area contributed by atoms with Gasteiger partial charge >= 0.3 is 0 Å². The quantitative estimate of drug-likeness (QED) is 0.806. The van der Waals surface area contributed by atoms with Crippen LogP contribution in [0.4, 0.5) is 0 Å². The number of hydrogen-bond acceptors (Lipinski definition) is 3. The monoisotopic (exact) mass is 314 g/mol. The molecule has 6 heteroatoms. The highest BCUT2D eigenvalue weighted by atomic mass is 16.2. The molecule has 0 saturated heterocycles. The fraction of sp³-hybridized carbons (Fsp3) is 0.353. The molecule has 1 aromatic heterocycles. The van der Waals surface area contributed by atoms with E-state index >= 15 is 0 Å². The Labute approximate surface area is 135 Å². The van der Waals surface area contributed by atoms with Crippen LogP contribution in [0, 0.1) is 6.92 Å². The van der Waals surface area contributed by atoms with Gasteiger partial charge in [-0.05, 0) is 25.0 Å². The van der Waals surface area contributed by atoms with Crippen LogP contribution in [0.2, 0.25) is 0 Å². The Morgan fingerprint density at radius 1 is 1.13 bits per heavy atom. The molecule has 2 amide bonds. The van der Waals surface area contributed by atoms with Crippen LogP contribution in [-0.2, 0) is 18.3 Å². The second-order valence-electron chi connectivity index (χ2n) is 5.39. The fourth-order valence-corrected chi connectivity index (χ4v) is 2.28. The van der Waals surface area contributed by atoms with Gasteiger partial charge in [0.05, 0.1) is 5.69 Å². The lowest BCUT2D eigenvalue weighted by atomic mass is 10.1. The number of aryl methyl sites for hydroxylation is 2. The minimum atomic E-state index is -0.217. The van der Waals surface area contributed by atoms with Crippen LogP contribution >= 0.6 is 0 Å². The number of carbonyl (C=O) groups excluding carboxylic acids is 2. The summed E-state index contributed by atoms with van der Waals surface area (Å²) in [7, 11) is 1.72. The smallest absolute Gasteiger partial charge is 0.269 e. The van der Waals surface area contributed by atoms with E-state index in [9.17, 15) is 9.59 Å². The van der Waals surface area contributed by atoms with Gasteiger partial charge in [0, 0.05) is 26.6 Å². The van der Waals surface area contributed by atoms with Crippen LogP contribution in [0.3, 0.4) is 0 Å². The molecule has 0 atom stereocenters. The zero-order valence-electron chi connectivity index (χ0n) is 13.5. The van der Waals surface area contributed by atoms with E-state index in [1.807, 2.05) is 37.3 Å². The van der Waals surface area contributed by atoms with Crippen molar-refractivity contribution < 1.29 is 9.59 Å². The first-order chi connectivity index (χ1) is 11.1. The summed E-state index contributed by atoms with van der Waals surface area (Å²) >= 11 is 0. The lowest BCUT2D eigenvalue weighted by molar-refractivity contribution is -0.120. The van der Waals surface area contributed by atoms with E-state index in [1.165, 1.54) is 10.2 Å². The molecule has 0 spiro atoms. The lowest BCUT2D eigenvalue weighted by Crippen LogP contribution is -2.32. The largest absolute Gasteiger partial charge is 0.356 e. The van der Waals surface area contributed by atoms with E-state index in [0.29, 0.717) is 18.8 Å². The van der Waals surface area contributed by atoms with Gasteiger partial charge in [0.15, 0.2) is 0 Å². The summed E-state index contributed by atoms with van der Waals surface area (Å²) in [4.78, 5) is 23.7. The minimum absolute atomic E-state index is 0.0672. The predicted molar refractivity (Wildman–Crippen MR) is 88.1 cm³/mol. The third-order valence-corrected chi connectivity index (χ3v) is 3.45. The zero-order valence-corrected chi connectivity index (χ0v) is 13.5. The van der Waals surface area contributed by atoms with Gasteiger partial charge in [-0.3, -0.25) is 14.3 Å². The second-order valence-corrected chi connectivity index (χ2v) is 5.39. The number of amides is 2. The Hall–Kier alpha value is -2.63. The van der Waals surface area contributed by atoms with E-state index in [1.54, 1.807) is 13.1 Å². The molecule has 1 heterocycles. The highest BCUT2D eigenvalue weighted by molar-refractivity contribution is 5.92. The SMILES string of the molecule is Cc1cc(C(=O)NCCC(=O)NCCc2ccccc2)n(C)n1. The topological polar surface area (TPSA) is 76.0 Å². The molecule has 2 N–H and O–H groups in total. The van der Waals surface area contributed by atoms with Crippen LogP contribution in [-0.4, -0.2) is 34.7 Å². The summed E-state index contributed by atoms with van der Waals surface area (Å²) in [6, 6.07) is 11.7. The fourth-order valence-electron chi connectivity index (χ4n) is 2.28. The first kappa shape index (κ1) is 16.7. The molecule has 0 radical (unpaired) electrons. The maximum absolute atomic E-state index is 12.0. The van der Waals surface area contributed by atoms with Crippen molar-refractivity contribution in [2.75, 3.05) is 13.1 Å². The van der Waals surface area contributed by atoms with E-state index in [4.69, 9.17) is 0 Å². The van der Waals surface area contributed by atoms with Gasteiger partial charge in [-0.1, -0.05) is 30.3 Å². The third-order valence-electron chi connectivity index (χ3n) is 3.45. The highest BCUT2D eigenvalue weighted by Crippen LogP contribution is 2.01. The average Bonchev–Trinajstić information content (AvgIpc) is 2.87.